The summed E-state index contributed by atoms with van der Waals surface area (Å²) in [4.78, 5) is 38.6. The zero-order valence-electron chi connectivity index (χ0n) is 20.5. The Morgan fingerprint density at radius 3 is 2.29 bits per heavy atom. The van der Waals surface area contributed by atoms with Gasteiger partial charge in [0.2, 0.25) is 5.91 Å². The van der Waals surface area contributed by atoms with Crippen LogP contribution in [0.2, 0.25) is 0 Å². The van der Waals surface area contributed by atoms with Gasteiger partial charge in [0.05, 0.1) is 6.42 Å². The van der Waals surface area contributed by atoms with Gasteiger partial charge in [-0.15, -0.1) is 0 Å². The third-order valence-electron chi connectivity index (χ3n) is 7.24. The van der Waals surface area contributed by atoms with Crippen LogP contribution in [0.4, 0.5) is 4.79 Å². The summed E-state index contributed by atoms with van der Waals surface area (Å²) in [6, 6.07) is 16.1. The molecule has 7 nitrogen and oxygen atoms in total. The number of nitrogens with zero attached hydrogens (tertiary/aromatic N) is 1. The number of fused-ring (bicyclic) bond motifs is 3. The highest BCUT2D eigenvalue weighted by Crippen LogP contribution is 2.44. The van der Waals surface area contributed by atoms with E-state index in [1.54, 1.807) is 4.90 Å². The van der Waals surface area contributed by atoms with Gasteiger partial charge >= 0.3 is 12.1 Å². The molecule has 35 heavy (non-hydrogen) atoms. The molecule has 0 unspecified atom stereocenters. The fourth-order valence-corrected chi connectivity index (χ4v) is 5.30. The van der Waals surface area contributed by atoms with Gasteiger partial charge in [-0.3, -0.25) is 9.59 Å². The number of hydrogen-bond donors (Lipinski definition) is 2. The van der Waals surface area contributed by atoms with E-state index in [1.807, 2.05) is 38.1 Å². The Bertz CT molecular complexity index is 1050. The van der Waals surface area contributed by atoms with E-state index in [-0.39, 0.29) is 30.9 Å². The van der Waals surface area contributed by atoms with E-state index in [9.17, 15) is 19.5 Å². The van der Waals surface area contributed by atoms with E-state index in [2.05, 4.69) is 29.6 Å². The summed E-state index contributed by atoms with van der Waals surface area (Å²) >= 11 is 0. The van der Waals surface area contributed by atoms with Crippen LogP contribution < -0.4 is 5.32 Å². The second-order valence-electron chi connectivity index (χ2n) is 10.1. The van der Waals surface area contributed by atoms with Crippen LogP contribution in [0.15, 0.2) is 48.5 Å². The van der Waals surface area contributed by atoms with Gasteiger partial charge in [-0.1, -0.05) is 62.4 Å². The summed E-state index contributed by atoms with van der Waals surface area (Å²) < 4.78 is 5.58. The van der Waals surface area contributed by atoms with Gasteiger partial charge in [0.15, 0.2) is 0 Å². The zero-order valence-corrected chi connectivity index (χ0v) is 20.5. The smallest absolute Gasteiger partial charge is 0.407 e. The van der Waals surface area contributed by atoms with Gasteiger partial charge in [-0.25, -0.2) is 4.79 Å². The predicted octanol–water partition coefficient (Wildman–Crippen LogP) is 4.80. The third-order valence-corrected chi connectivity index (χ3v) is 7.24. The Balaban J connectivity index is 1.29. The van der Waals surface area contributed by atoms with Crippen LogP contribution in [-0.4, -0.2) is 53.7 Å². The van der Waals surface area contributed by atoms with Crippen LogP contribution in [0, 0.1) is 5.41 Å². The van der Waals surface area contributed by atoms with Gasteiger partial charge in [-0.2, -0.15) is 0 Å². The summed E-state index contributed by atoms with van der Waals surface area (Å²) in [7, 11) is 0. The maximum absolute atomic E-state index is 13.2. The molecule has 0 radical (unpaired) electrons. The topological polar surface area (TPSA) is 95.9 Å². The van der Waals surface area contributed by atoms with E-state index < -0.39 is 17.5 Å². The molecule has 0 aromatic heterocycles. The SMILES string of the molecule is CC(C)(CCNC(=O)OCC1c2ccccc2-c2ccccc21)C(=O)N1CCCC[C@H]1CC(=O)O. The molecule has 0 saturated carbocycles. The first-order chi connectivity index (χ1) is 16.8. The summed E-state index contributed by atoms with van der Waals surface area (Å²) in [5.74, 6) is -0.946. The fraction of sp³-hybridized carbons (Fsp3) is 0.464. The number of carboxylic acids is 1. The quantitative estimate of drug-likeness (QED) is 0.568. The van der Waals surface area contributed by atoms with Crippen molar-refractivity contribution in [2.75, 3.05) is 19.7 Å². The lowest BCUT2D eigenvalue weighted by Crippen LogP contribution is -2.50. The van der Waals surface area contributed by atoms with Gasteiger partial charge in [0, 0.05) is 30.5 Å². The van der Waals surface area contributed by atoms with Crippen molar-refractivity contribution in [3.8, 4) is 11.1 Å². The summed E-state index contributed by atoms with van der Waals surface area (Å²) in [5, 5.41) is 12.0. The van der Waals surface area contributed by atoms with Crippen molar-refractivity contribution in [3.63, 3.8) is 0 Å². The first-order valence-electron chi connectivity index (χ1n) is 12.4. The monoisotopic (exact) mass is 478 g/mol. The minimum atomic E-state index is -0.885. The van der Waals surface area contributed by atoms with Crippen molar-refractivity contribution in [2.45, 2.75) is 57.9 Å². The number of carbonyl (C=O) groups is 3. The Morgan fingerprint density at radius 2 is 1.66 bits per heavy atom. The number of ether oxygens (including phenoxy) is 1. The Labute approximate surface area is 206 Å². The highest BCUT2D eigenvalue weighted by atomic mass is 16.5. The lowest BCUT2D eigenvalue weighted by Gasteiger charge is -2.40. The highest BCUT2D eigenvalue weighted by molar-refractivity contribution is 5.83. The molecule has 1 atom stereocenters. The van der Waals surface area contributed by atoms with Crippen LogP contribution in [0.3, 0.4) is 0 Å². The number of aliphatic carboxylic acids is 1. The molecule has 2 aromatic rings. The predicted molar refractivity (Wildman–Crippen MR) is 133 cm³/mol. The Morgan fingerprint density at radius 1 is 1.03 bits per heavy atom. The number of hydrogen-bond acceptors (Lipinski definition) is 4. The fourth-order valence-electron chi connectivity index (χ4n) is 5.30. The van der Waals surface area contributed by atoms with Crippen molar-refractivity contribution >= 4 is 18.0 Å². The summed E-state index contributed by atoms with van der Waals surface area (Å²) in [6.07, 6.45) is 2.44. The lowest BCUT2D eigenvalue weighted by molar-refractivity contribution is -0.147. The minimum absolute atomic E-state index is 0.00330. The van der Waals surface area contributed by atoms with Crippen molar-refractivity contribution in [1.82, 2.24) is 10.2 Å². The molecule has 7 heteroatoms. The Hall–Kier alpha value is -3.35. The number of benzene rings is 2. The van der Waals surface area contributed by atoms with Crippen LogP contribution >= 0.6 is 0 Å². The van der Waals surface area contributed by atoms with E-state index in [0.29, 0.717) is 25.9 Å². The van der Waals surface area contributed by atoms with Crippen molar-refractivity contribution in [2.24, 2.45) is 5.41 Å². The number of piperidine rings is 1. The van der Waals surface area contributed by atoms with Crippen molar-refractivity contribution < 1.29 is 24.2 Å². The van der Waals surface area contributed by atoms with Gasteiger partial charge < -0.3 is 20.1 Å². The van der Waals surface area contributed by atoms with Crippen LogP contribution in [0.1, 0.15) is 63.0 Å². The molecule has 1 aliphatic carbocycles. The number of amides is 2. The lowest BCUT2D eigenvalue weighted by atomic mass is 9.85. The van der Waals surface area contributed by atoms with Crippen LogP contribution in [-0.2, 0) is 14.3 Å². The van der Waals surface area contributed by atoms with E-state index >= 15 is 0 Å². The van der Waals surface area contributed by atoms with Gasteiger partial charge in [0.1, 0.15) is 6.61 Å². The molecule has 1 fully saturated rings. The molecule has 2 aromatic carbocycles. The van der Waals surface area contributed by atoms with Gasteiger partial charge in [0.25, 0.3) is 0 Å². The normalized spacial score (nSPS) is 17.4. The van der Waals surface area contributed by atoms with E-state index in [0.717, 1.165) is 24.0 Å². The maximum Gasteiger partial charge on any atom is 0.407 e. The van der Waals surface area contributed by atoms with Crippen molar-refractivity contribution in [1.29, 1.82) is 0 Å². The molecule has 2 amide bonds. The zero-order chi connectivity index (χ0) is 25.0. The Kier molecular flexibility index (Phi) is 7.43. The highest BCUT2D eigenvalue weighted by Gasteiger charge is 2.37. The van der Waals surface area contributed by atoms with E-state index in [4.69, 9.17) is 4.74 Å². The summed E-state index contributed by atoms with van der Waals surface area (Å²) in [5.41, 5.74) is 3.95. The molecule has 1 heterocycles. The number of carbonyl (C=O) groups excluding carboxylic acids is 2. The molecule has 2 aliphatic rings. The molecule has 0 spiro atoms. The number of likely N-dealkylation sites (tertiary alicyclic amines) is 1. The first kappa shape index (κ1) is 24.8. The van der Waals surface area contributed by atoms with Crippen molar-refractivity contribution in [3.05, 3.63) is 59.7 Å². The summed E-state index contributed by atoms with van der Waals surface area (Å²) in [6.45, 7) is 4.82. The molecular weight excluding hydrogens is 444 g/mol. The second-order valence-corrected chi connectivity index (χ2v) is 10.1. The molecule has 1 aliphatic heterocycles. The average molecular weight is 479 g/mol. The number of nitrogens with one attached hydrogen (secondary N) is 1. The van der Waals surface area contributed by atoms with Crippen LogP contribution in [0.25, 0.3) is 11.1 Å². The average Bonchev–Trinajstić information content (AvgIpc) is 3.16. The molecular formula is C28H34N2O5. The standard InChI is InChI=1S/C28H34N2O5/c1-28(2,26(33)30-16-8-7-9-19(30)17-25(31)32)14-15-29-27(34)35-18-24-22-12-5-3-10-20(22)21-11-4-6-13-23(21)24/h3-6,10-13,19,24H,7-9,14-18H2,1-2H3,(H,29,34)(H,31,32)/t19-/m0/s1. The molecule has 0 bridgehead atoms. The molecule has 4 rings (SSSR count). The van der Waals surface area contributed by atoms with Crippen LogP contribution in [0.5, 0.6) is 0 Å². The minimum Gasteiger partial charge on any atom is -0.481 e. The molecule has 186 valence electrons. The number of rotatable bonds is 8. The number of alkyl carbamates (subject to hydrolysis) is 1. The maximum atomic E-state index is 13.2. The van der Waals surface area contributed by atoms with E-state index in [1.165, 1.54) is 11.1 Å². The van der Waals surface area contributed by atoms with Gasteiger partial charge in [-0.05, 0) is 47.9 Å². The first-order valence-corrected chi connectivity index (χ1v) is 12.4. The second kappa shape index (κ2) is 10.5. The third kappa shape index (κ3) is 5.50. The molecule has 1 saturated heterocycles. The molecule has 2 N–H and O–H groups in total. The largest absolute Gasteiger partial charge is 0.481 e. The number of carboxylic acid groups (broad SMARTS) is 1.